The van der Waals surface area contributed by atoms with Crippen LogP contribution in [0.4, 0.5) is 0 Å². The van der Waals surface area contributed by atoms with Gasteiger partial charge in [0.05, 0.1) is 13.0 Å². The van der Waals surface area contributed by atoms with Gasteiger partial charge in [-0.25, -0.2) is 0 Å². The first-order chi connectivity index (χ1) is 9.65. The summed E-state index contributed by atoms with van der Waals surface area (Å²) in [4.78, 5) is 28.9. The van der Waals surface area contributed by atoms with Gasteiger partial charge < -0.3 is 15.3 Å². The van der Waals surface area contributed by atoms with Gasteiger partial charge in [-0.2, -0.15) is 0 Å². The maximum atomic E-state index is 12.2. The molecule has 2 heterocycles. The Kier molecular flexibility index (Phi) is 5.75. The molecule has 0 aromatic carbocycles. The maximum Gasteiger partial charge on any atom is 0.304 e. The molecule has 0 aromatic heterocycles. The van der Waals surface area contributed by atoms with Gasteiger partial charge in [-0.05, 0) is 0 Å². The largest absolute Gasteiger partial charge is 0.481 e. The zero-order valence-corrected chi connectivity index (χ0v) is 11.9. The lowest BCUT2D eigenvalue weighted by Gasteiger charge is -2.36. The number of nitrogens with zero attached hydrogens (tertiary/aromatic N) is 3. The van der Waals surface area contributed by atoms with Gasteiger partial charge in [0.15, 0.2) is 0 Å². The summed E-state index contributed by atoms with van der Waals surface area (Å²) in [6.45, 7) is 7.85. The van der Waals surface area contributed by atoms with Crippen molar-refractivity contribution in [2.75, 3.05) is 65.4 Å². The van der Waals surface area contributed by atoms with E-state index >= 15 is 0 Å². The van der Waals surface area contributed by atoms with Gasteiger partial charge in [-0.3, -0.25) is 19.4 Å². The molecule has 114 valence electrons. The van der Waals surface area contributed by atoms with Crippen LogP contribution in [0.25, 0.3) is 0 Å². The SMILES string of the molecule is O=C(O)CCN1CCN(C(=O)CN2CCNCC2)CC1. The Morgan fingerprint density at radius 3 is 2.20 bits per heavy atom. The fraction of sp³-hybridized carbons (Fsp3) is 0.846. The average molecular weight is 284 g/mol. The zero-order chi connectivity index (χ0) is 14.4. The summed E-state index contributed by atoms with van der Waals surface area (Å²) < 4.78 is 0. The fourth-order valence-electron chi connectivity index (χ4n) is 2.64. The minimum absolute atomic E-state index is 0.175. The molecule has 20 heavy (non-hydrogen) atoms. The summed E-state index contributed by atoms with van der Waals surface area (Å²) in [7, 11) is 0. The zero-order valence-electron chi connectivity index (χ0n) is 11.9. The summed E-state index contributed by atoms with van der Waals surface area (Å²) in [5, 5.41) is 11.9. The molecule has 0 unspecified atom stereocenters. The molecule has 2 aliphatic rings. The monoisotopic (exact) mass is 284 g/mol. The number of piperazine rings is 2. The number of rotatable bonds is 5. The van der Waals surface area contributed by atoms with Crippen molar-refractivity contribution in [3.63, 3.8) is 0 Å². The molecule has 0 spiro atoms. The normalized spacial score (nSPS) is 21.9. The molecule has 7 nitrogen and oxygen atoms in total. The highest BCUT2D eigenvalue weighted by molar-refractivity contribution is 5.78. The van der Waals surface area contributed by atoms with Crippen LogP contribution in [0.15, 0.2) is 0 Å². The number of amides is 1. The van der Waals surface area contributed by atoms with E-state index in [-0.39, 0.29) is 12.3 Å². The molecule has 0 atom stereocenters. The summed E-state index contributed by atoms with van der Waals surface area (Å²) in [5.41, 5.74) is 0. The molecule has 0 aromatic rings. The predicted molar refractivity (Wildman–Crippen MR) is 74.6 cm³/mol. The second-order valence-corrected chi connectivity index (χ2v) is 5.39. The van der Waals surface area contributed by atoms with Crippen LogP contribution >= 0.6 is 0 Å². The second-order valence-electron chi connectivity index (χ2n) is 5.39. The molecule has 0 aliphatic carbocycles. The highest BCUT2D eigenvalue weighted by Gasteiger charge is 2.23. The molecule has 2 rings (SSSR count). The van der Waals surface area contributed by atoms with Crippen molar-refractivity contribution in [1.82, 2.24) is 20.0 Å². The minimum Gasteiger partial charge on any atom is -0.481 e. The van der Waals surface area contributed by atoms with E-state index < -0.39 is 5.97 Å². The number of carboxylic acids is 1. The Labute approximate surface area is 119 Å². The lowest BCUT2D eigenvalue weighted by atomic mass is 10.2. The number of carbonyl (C=O) groups is 2. The maximum absolute atomic E-state index is 12.2. The first kappa shape index (κ1) is 15.2. The van der Waals surface area contributed by atoms with Gasteiger partial charge >= 0.3 is 5.97 Å². The molecule has 1 amide bonds. The first-order valence-corrected chi connectivity index (χ1v) is 7.30. The molecular weight excluding hydrogens is 260 g/mol. The number of carbonyl (C=O) groups excluding carboxylic acids is 1. The van der Waals surface area contributed by atoms with Crippen LogP contribution in [-0.2, 0) is 9.59 Å². The summed E-state index contributed by atoms with van der Waals surface area (Å²) in [5.74, 6) is -0.563. The molecule has 2 aliphatic heterocycles. The summed E-state index contributed by atoms with van der Waals surface area (Å²) >= 11 is 0. The third kappa shape index (κ3) is 4.73. The number of hydrogen-bond acceptors (Lipinski definition) is 5. The Balaban J connectivity index is 1.67. The van der Waals surface area contributed by atoms with Crippen molar-refractivity contribution in [3.05, 3.63) is 0 Å². The highest BCUT2D eigenvalue weighted by atomic mass is 16.4. The topological polar surface area (TPSA) is 76.1 Å². The van der Waals surface area contributed by atoms with Crippen molar-refractivity contribution in [1.29, 1.82) is 0 Å². The van der Waals surface area contributed by atoms with E-state index in [2.05, 4.69) is 15.1 Å². The summed E-state index contributed by atoms with van der Waals surface area (Å²) in [6.07, 6.45) is 0.175. The Morgan fingerprint density at radius 2 is 1.60 bits per heavy atom. The molecule has 7 heteroatoms. The molecule has 2 N–H and O–H groups in total. The number of nitrogens with one attached hydrogen (secondary N) is 1. The van der Waals surface area contributed by atoms with Gasteiger partial charge in [0.1, 0.15) is 0 Å². The Hall–Kier alpha value is -1.18. The highest BCUT2D eigenvalue weighted by Crippen LogP contribution is 2.04. The Bertz CT molecular complexity index is 337. The van der Waals surface area contributed by atoms with Gasteiger partial charge in [-0.1, -0.05) is 0 Å². The fourth-order valence-corrected chi connectivity index (χ4v) is 2.64. The van der Waals surface area contributed by atoms with E-state index in [1.807, 2.05) is 4.90 Å². The van der Waals surface area contributed by atoms with Crippen LogP contribution in [0, 0.1) is 0 Å². The van der Waals surface area contributed by atoms with E-state index in [1.165, 1.54) is 0 Å². The van der Waals surface area contributed by atoms with Gasteiger partial charge in [0.25, 0.3) is 0 Å². The van der Waals surface area contributed by atoms with Gasteiger partial charge in [-0.15, -0.1) is 0 Å². The number of hydrogen-bond donors (Lipinski definition) is 2. The van der Waals surface area contributed by atoms with Crippen LogP contribution in [0.1, 0.15) is 6.42 Å². The minimum atomic E-state index is -0.762. The predicted octanol–water partition coefficient (Wildman–Crippen LogP) is -1.49. The van der Waals surface area contributed by atoms with E-state index in [0.29, 0.717) is 26.2 Å². The lowest BCUT2D eigenvalue weighted by molar-refractivity contribution is -0.138. The average Bonchev–Trinajstić information content (AvgIpc) is 2.46. The second kappa shape index (κ2) is 7.56. The van der Waals surface area contributed by atoms with Gasteiger partial charge in [0.2, 0.25) is 5.91 Å². The van der Waals surface area contributed by atoms with Crippen molar-refractivity contribution in [2.45, 2.75) is 6.42 Å². The van der Waals surface area contributed by atoms with Crippen LogP contribution in [-0.4, -0.2) is 97.1 Å². The van der Waals surface area contributed by atoms with E-state index in [4.69, 9.17) is 5.11 Å². The molecule has 0 radical (unpaired) electrons. The number of aliphatic carboxylic acids is 1. The van der Waals surface area contributed by atoms with Crippen LogP contribution in [0.2, 0.25) is 0 Å². The van der Waals surface area contributed by atoms with Gasteiger partial charge in [0, 0.05) is 58.9 Å². The molecular formula is C13H24N4O3. The molecule has 2 saturated heterocycles. The first-order valence-electron chi connectivity index (χ1n) is 7.30. The smallest absolute Gasteiger partial charge is 0.304 e. The van der Waals surface area contributed by atoms with Crippen LogP contribution < -0.4 is 5.32 Å². The summed E-state index contributed by atoms with van der Waals surface area (Å²) in [6, 6.07) is 0. The third-order valence-electron chi connectivity index (χ3n) is 3.94. The Morgan fingerprint density at radius 1 is 0.950 bits per heavy atom. The lowest BCUT2D eigenvalue weighted by Crippen LogP contribution is -2.53. The third-order valence-corrected chi connectivity index (χ3v) is 3.94. The molecule has 0 saturated carbocycles. The van der Waals surface area contributed by atoms with Crippen molar-refractivity contribution in [3.8, 4) is 0 Å². The van der Waals surface area contributed by atoms with Crippen LogP contribution in [0.3, 0.4) is 0 Å². The van der Waals surface area contributed by atoms with E-state index in [0.717, 1.165) is 39.3 Å². The van der Waals surface area contributed by atoms with E-state index in [1.54, 1.807) is 0 Å². The quantitative estimate of drug-likeness (QED) is 0.641. The van der Waals surface area contributed by atoms with Crippen molar-refractivity contribution < 1.29 is 14.7 Å². The molecule has 2 fully saturated rings. The van der Waals surface area contributed by atoms with Crippen LogP contribution in [0.5, 0.6) is 0 Å². The van der Waals surface area contributed by atoms with E-state index in [9.17, 15) is 9.59 Å². The number of carboxylic acid groups (broad SMARTS) is 1. The standard InChI is InChI=1S/C13H24N4O3/c18-12(11-16-5-2-14-3-6-16)17-9-7-15(8-10-17)4-1-13(19)20/h14H,1-11H2,(H,19,20). The molecule has 0 bridgehead atoms. The van der Waals surface area contributed by atoms with Crippen molar-refractivity contribution in [2.24, 2.45) is 0 Å². The van der Waals surface area contributed by atoms with Crippen molar-refractivity contribution >= 4 is 11.9 Å².